The summed E-state index contributed by atoms with van der Waals surface area (Å²) in [6, 6.07) is 6.18. The van der Waals surface area contributed by atoms with Crippen molar-refractivity contribution in [1.29, 1.82) is 0 Å². The van der Waals surface area contributed by atoms with Crippen LogP contribution in [0.1, 0.15) is 28.5 Å². The summed E-state index contributed by atoms with van der Waals surface area (Å²) in [6.07, 6.45) is 0. The third kappa shape index (κ3) is 1.29. The molecule has 15 heavy (non-hydrogen) atoms. The standard InChI is InChI=1S/C13H15NO/c1-8-6-5-7-11-9(2)13(10(3)15)14(4)12(8)11/h5-7H,1-4H3. The second-order valence-electron chi connectivity index (χ2n) is 4.06. The van der Waals surface area contributed by atoms with Gasteiger partial charge in [-0.15, -0.1) is 0 Å². The summed E-state index contributed by atoms with van der Waals surface area (Å²) in [6.45, 7) is 5.71. The number of nitrogens with zero attached hydrogens (tertiary/aromatic N) is 1. The van der Waals surface area contributed by atoms with E-state index in [-0.39, 0.29) is 5.78 Å². The predicted molar refractivity (Wildman–Crippen MR) is 62.4 cm³/mol. The normalized spacial score (nSPS) is 10.9. The van der Waals surface area contributed by atoms with Crippen molar-refractivity contribution in [3.05, 3.63) is 35.0 Å². The van der Waals surface area contributed by atoms with Gasteiger partial charge in [0.15, 0.2) is 5.78 Å². The number of aryl methyl sites for hydroxylation is 3. The Morgan fingerprint density at radius 2 is 1.93 bits per heavy atom. The van der Waals surface area contributed by atoms with Crippen molar-refractivity contribution < 1.29 is 4.79 Å². The SMILES string of the molecule is CC(=O)c1c(C)c2cccc(C)c2n1C. The Hall–Kier alpha value is -1.57. The summed E-state index contributed by atoms with van der Waals surface area (Å²) in [5.41, 5.74) is 4.29. The molecular formula is C13H15NO. The molecule has 0 saturated heterocycles. The molecule has 1 heterocycles. The number of aromatic nitrogens is 1. The molecule has 2 aromatic rings. The number of carbonyl (C=O) groups excluding carboxylic acids is 1. The molecular weight excluding hydrogens is 186 g/mol. The number of rotatable bonds is 1. The zero-order chi connectivity index (χ0) is 11.2. The highest BCUT2D eigenvalue weighted by Gasteiger charge is 2.15. The van der Waals surface area contributed by atoms with Gasteiger partial charge in [-0.1, -0.05) is 18.2 Å². The van der Waals surface area contributed by atoms with E-state index in [1.165, 1.54) is 16.5 Å². The average Bonchev–Trinajstić information content (AvgIpc) is 2.40. The van der Waals surface area contributed by atoms with Gasteiger partial charge in [0.1, 0.15) is 0 Å². The van der Waals surface area contributed by atoms with Crippen LogP contribution >= 0.6 is 0 Å². The Kier molecular flexibility index (Phi) is 2.14. The van der Waals surface area contributed by atoms with Gasteiger partial charge >= 0.3 is 0 Å². The van der Waals surface area contributed by atoms with E-state index >= 15 is 0 Å². The Labute approximate surface area is 89.5 Å². The van der Waals surface area contributed by atoms with Crippen molar-refractivity contribution in [3.63, 3.8) is 0 Å². The molecule has 0 aliphatic rings. The van der Waals surface area contributed by atoms with E-state index in [0.29, 0.717) is 0 Å². The van der Waals surface area contributed by atoms with Gasteiger partial charge in [-0.25, -0.2) is 0 Å². The lowest BCUT2D eigenvalue weighted by Gasteiger charge is -2.02. The van der Waals surface area contributed by atoms with Gasteiger partial charge in [-0.2, -0.15) is 0 Å². The molecule has 0 N–H and O–H groups in total. The van der Waals surface area contributed by atoms with E-state index < -0.39 is 0 Å². The molecule has 0 atom stereocenters. The lowest BCUT2D eigenvalue weighted by Crippen LogP contribution is -2.03. The Balaban J connectivity index is 2.98. The largest absolute Gasteiger partial charge is 0.341 e. The summed E-state index contributed by atoms with van der Waals surface area (Å²) in [4.78, 5) is 11.5. The van der Waals surface area contributed by atoms with Crippen LogP contribution in [0.15, 0.2) is 18.2 Å². The molecule has 0 aliphatic carbocycles. The molecule has 2 nitrogen and oxygen atoms in total. The molecule has 0 radical (unpaired) electrons. The zero-order valence-electron chi connectivity index (χ0n) is 9.59. The highest BCUT2D eigenvalue weighted by atomic mass is 16.1. The van der Waals surface area contributed by atoms with E-state index in [2.05, 4.69) is 19.1 Å². The fourth-order valence-electron chi connectivity index (χ4n) is 2.40. The van der Waals surface area contributed by atoms with Gasteiger partial charge < -0.3 is 4.57 Å². The zero-order valence-corrected chi connectivity index (χ0v) is 9.59. The number of para-hydroxylation sites is 1. The summed E-state index contributed by atoms with van der Waals surface area (Å²) < 4.78 is 2.00. The van der Waals surface area contributed by atoms with Gasteiger partial charge in [0.2, 0.25) is 0 Å². The predicted octanol–water partition coefficient (Wildman–Crippen LogP) is 3.00. The smallest absolute Gasteiger partial charge is 0.176 e. The van der Waals surface area contributed by atoms with Crippen LogP contribution < -0.4 is 0 Å². The van der Waals surface area contributed by atoms with E-state index in [4.69, 9.17) is 0 Å². The number of hydrogen-bond acceptors (Lipinski definition) is 1. The number of Topliss-reactive ketones (excluding diaryl/α,β-unsaturated/α-hetero) is 1. The van der Waals surface area contributed by atoms with E-state index in [1.54, 1.807) is 6.92 Å². The second-order valence-corrected chi connectivity index (χ2v) is 4.06. The van der Waals surface area contributed by atoms with Gasteiger partial charge in [0.25, 0.3) is 0 Å². The minimum Gasteiger partial charge on any atom is -0.341 e. The van der Waals surface area contributed by atoms with Crippen LogP contribution in [0, 0.1) is 13.8 Å². The molecule has 2 heteroatoms. The summed E-state index contributed by atoms with van der Waals surface area (Å²) in [5.74, 6) is 0.130. The highest BCUT2D eigenvalue weighted by Crippen LogP contribution is 2.27. The average molecular weight is 201 g/mol. The van der Waals surface area contributed by atoms with Crippen LogP contribution in [0.25, 0.3) is 10.9 Å². The van der Waals surface area contributed by atoms with Crippen LogP contribution in [-0.2, 0) is 7.05 Å². The summed E-state index contributed by atoms with van der Waals surface area (Å²) >= 11 is 0. The Morgan fingerprint density at radius 1 is 1.27 bits per heavy atom. The monoisotopic (exact) mass is 201 g/mol. The topological polar surface area (TPSA) is 22.0 Å². The van der Waals surface area contributed by atoms with Crippen LogP contribution in [0.2, 0.25) is 0 Å². The summed E-state index contributed by atoms with van der Waals surface area (Å²) in [7, 11) is 1.96. The van der Waals surface area contributed by atoms with Crippen molar-refractivity contribution in [2.45, 2.75) is 20.8 Å². The Morgan fingerprint density at radius 3 is 2.47 bits per heavy atom. The molecule has 0 spiro atoms. The maximum absolute atomic E-state index is 11.5. The first-order valence-electron chi connectivity index (χ1n) is 5.09. The first-order valence-corrected chi connectivity index (χ1v) is 5.09. The van der Waals surface area contributed by atoms with Crippen LogP contribution in [0.5, 0.6) is 0 Å². The number of ketones is 1. The van der Waals surface area contributed by atoms with Crippen molar-refractivity contribution >= 4 is 16.7 Å². The first kappa shape index (κ1) is 9.97. The van der Waals surface area contributed by atoms with Crippen LogP contribution in [0.4, 0.5) is 0 Å². The van der Waals surface area contributed by atoms with Crippen LogP contribution in [0.3, 0.4) is 0 Å². The minimum atomic E-state index is 0.130. The van der Waals surface area contributed by atoms with Crippen molar-refractivity contribution in [2.75, 3.05) is 0 Å². The maximum Gasteiger partial charge on any atom is 0.176 e. The molecule has 0 saturated carbocycles. The summed E-state index contributed by atoms with van der Waals surface area (Å²) in [5, 5.41) is 1.18. The van der Waals surface area contributed by atoms with Crippen molar-refractivity contribution in [3.8, 4) is 0 Å². The van der Waals surface area contributed by atoms with E-state index in [0.717, 1.165) is 11.3 Å². The fourth-order valence-corrected chi connectivity index (χ4v) is 2.40. The van der Waals surface area contributed by atoms with Crippen molar-refractivity contribution in [1.82, 2.24) is 4.57 Å². The molecule has 0 aliphatic heterocycles. The molecule has 1 aromatic heterocycles. The van der Waals surface area contributed by atoms with Gasteiger partial charge in [-0.3, -0.25) is 4.79 Å². The third-order valence-corrected chi connectivity index (χ3v) is 3.00. The highest BCUT2D eigenvalue weighted by molar-refractivity contribution is 6.02. The minimum absolute atomic E-state index is 0.130. The Bertz CT molecular complexity index is 549. The fraction of sp³-hybridized carbons (Fsp3) is 0.308. The van der Waals surface area contributed by atoms with Gasteiger partial charge in [0, 0.05) is 19.4 Å². The molecule has 78 valence electrons. The molecule has 0 bridgehead atoms. The first-order chi connectivity index (χ1) is 7.04. The lowest BCUT2D eigenvalue weighted by atomic mass is 10.1. The van der Waals surface area contributed by atoms with Crippen molar-refractivity contribution in [2.24, 2.45) is 7.05 Å². The molecule has 0 fully saturated rings. The van der Waals surface area contributed by atoms with Gasteiger partial charge in [-0.05, 0) is 25.0 Å². The van der Waals surface area contributed by atoms with Crippen LogP contribution in [-0.4, -0.2) is 10.4 Å². The molecule has 0 unspecified atom stereocenters. The number of carbonyl (C=O) groups is 1. The number of hydrogen-bond donors (Lipinski definition) is 0. The third-order valence-electron chi connectivity index (χ3n) is 3.00. The molecule has 2 rings (SSSR count). The maximum atomic E-state index is 11.5. The van der Waals surface area contributed by atoms with Gasteiger partial charge in [0.05, 0.1) is 11.2 Å². The second kappa shape index (κ2) is 3.23. The molecule has 1 aromatic carbocycles. The number of fused-ring (bicyclic) bond motifs is 1. The lowest BCUT2D eigenvalue weighted by molar-refractivity contribution is 0.101. The molecule has 0 amide bonds. The van der Waals surface area contributed by atoms with E-state index in [9.17, 15) is 4.79 Å². The van der Waals surface area contributed by atoms with E-state index in [1.807, 2.05) is 24.6 Å². The quantitative estimate of drug-likeness (QED) is 0.650. The number of benzene rings is 1.